The Morgan fingerprint density at radius 2 is 1.47 bits per heavy atom. The molecule has 0 aliphatic carbocycles. The third kappa shape index (κ3) is 5.65. The van der Waals surface area contributed by atoms with E-state index >= 15 is 0 Å². The van der Waals surface area contributed by atoms with E-state index < -0.39 is 6.29 Å². The summed E-state index contributed by atoms with van der Waals surface area (Å²) >= 11 is 0. The van der Waals surface area contributed by atoms with Crippen molar-refractivity contribution in [2.24, 2.45) is 5.92 Å². The molecule has 0 radical (unpaired) electrons. The number of amides is 2. The normalized spacial score (nSPS) is 22.6. The number of hydrogen-bond donors (Lipinski definition) is 1. The van der Waals surface area contributed by atoms with Crippen molar-refractivity contribution in [3.63, 3.8) is 0 Å². The molecule has 2 aliphatic heterocycles. The van der Waals surface area contributed by atoms with Gasteiger partial charge in [-0.15, -0.1) is 0 Å². The van der Waals surface area contributed by atoms with Crippen LogP contribution < -0.4 is 4.90 Å². The van der Waals surface area contributed by atoms with Gasteiger partial charge in [0.2, 0.25) is 0 Å². The summed E-state index contributed by atoms with van der Waals surface area (Å²) in [4.78, 5) is 29.9. The van der Waals surface area contributed by atoms with Crippen LogP contribution in [0.3, 0.4) is 0 Å². The second-order valence-electron chi connectivity index (χ2n) is 11.4. The van der Waals surface area contributed by atoms with Gasteiger partial charge in [0.1, 0.15) is 0 Å². The molecule has 43 heavy (non-hydrogen) atoms. The second-order valence-corrected chi connectivity index (χ2v) is 11.4. The number of ether oxygens (including phenoxy) is 2. The van der Waals surface area contributed by atoms with Crippen molar-refractivity contribution in [2.75, 3.05) is 18.5 Å². The first-order valence-corrected chi connectivity index (χ1v) is 14.7. The van der Waals surface area contributed by atoms with E-state index in [9.17, 15) is 14.7 Å². The number of rotatable bonds is 8. The quantitative estimate of drug-likeness (QED) is 0.243. The Kier molecular flexibility index (Phi) is 8.23. The van der Waals surface area contributed by atoms with Crippen LogP contribution in [0.5, 0.6) is 0 Å². The van der Waals surface area contributed by atoms with Gasteiger partial charge in [0.15, 0.2) is 6.29 Å². The third-order valence-corrected chi connectivity index (χ3v) is 8.73. The minimum Gasteiger partial charge on any atom is -0.392 e. The monoisotopic (exact) mass is 576 g/mol. The molecule has 2 aliphatic rings. The predicted molar refractivity (Wildman–Crippen MR) is 164 cm³/mol. The van der Waals surface area contributed by atoms with Gasteiger partial charge in [-0.25, -0.2) is 4.90 Å². The highest BCUT2D eigenvalue weighted by Crippen LogP contribution is 2.43. The Hall–Kier alpha value is -4.14. The molecule has 6 rings (SSSR count). The summed E-state index contributed by atoms with van der Waals surface area (Å²) in [6.07, 6.45) is -1.18. The number of carbonyl (C=O) groups excluding carboxylic acids is 2. The molecule has 0 aromatic heterocycles. The van der Waals surface area contributed by atoms with Crippen LogP contribution in [0.2, 0.25) is 0 Å². The predicted octanol–water partition coefficient (Wildman–Crippen LogP) is 6.46. The molecule has 2 amide bonds. The standard InChI is InChI=1S/C36H36N2O5/c1-23-32(21-37(3)24(2)26-10-5-4-6-11-26)42-36(43-33(23)27-18-16-25(22-39)17-19-27)28-12-9-13-29(20-28)38-34(40)30-14-7-8-15-31(30)35(38)41/h4-20,23-24,32-33,36,39H,21-22H2,1-3H3. The molecule has 1 N–H and O–H groups in total. The smallest absolute Gasteiger partial charge is 0.266 e. The number of aliphatic hydroxyl groups is 1. The van der Waals surface area contributed by atoms with Gasteiger partial charge in [0, 0.05) is 24.1 Å². The lowest BCUT2D eigenvalue weighted by Gasteiger charge is -2.43. The van der Waals surface area contributed by atoms with Gasteiger partial charge in [0.05, 0.1) is 35.6 Å². The highest BCUT2D eigenvalue weighted by atomic mass is 16.7. The number of fused-ring (bicyclic) bond motifs is 1. The Morgan fingerprint density at radius 1 is 0.814 bits per heavy atom. The lowest BCUT2D eigenvalue weighted by Crippen LogP contribution is -2.44. The zero-order valence-electron chi connectivity index (χ0n) is 24.6. The minimum absolute atomic E-state index is 0.0149. The number of nitrogens with zero attached hydrogens (tertiary/aromatic N) is 2. The van der Waals surface area contributed by atoms with Gasteiger partial charge >= 0.3 is 0 Å². The molecular formula is C36H36N2O5. The van der Waals surface area contributed by atoms with Crippen LogP contribution in [0.4, 0.5) is 5.69 Å². The molecule has 5 atom stereocenters. The largest absolute Gasteiger partial charge is 0.392 e. The fraction of sp³-hybridized carbons (Fsp3) is 0.278. The summed E-state index contributed by atoms with van der Waals surface area (Å²) in [6.45, 7) is 4.97. The second kappa shape index (κ2) is 12.2. The molecule has 220 valence electrons. The van der Waals surface area contributed by atoms with Crippen molar-refractivity contribution in [2.45, 2.75) is 45.0 Å². The summed E-state index contributed by atoms with van der Waals surface area (Å²) in [5.74, 6) is -0.665. The van der Waals surface area contributed by atoms with Gasteiger partial charge in [-0.05, 0) is 54.9 Å². The summed E-state index contributed by atoms with van der Waals surface area (Å²) in [5, 5.41) is 9.57. The summed E-state index contributed by atoms with van der Waals surface area (Å²) < 4.78 is 13.3. The maximum Gasteiger partial charge on any atom is 0.266 e. The molecule has 5 unspecified atom stereocenters. The number of aliphatic hydroxyl groups excluding tert-OH is 1. The summed E-state index contributed by atoms with van der Waals surface area (Å²) in [7, 11) is 2.10. The molecule has 7 nitrogen and oxygen atoms in total. The van der Waals surface area contributed by atoms with Crippen molar-refractivity contribution >= 4 is 17.5 Å². The Labute approximate surface area is 252 Å². The number of imide groups is 1. The molecule has 4 aromatic carbocycles. The Balaban J connectivity index is 1.30. The molecule has 1 fully saturated rings. The van der Waals surface area contributed by atoms with Crippen LogP contribution in [0, 0.1) is 5.92 Å². The lowest BCUT2D eigenvalue weighted by molar-refractivity contribution is -0.276. The highest BCUT2D eigenvalue weighted by Gasteiger charge is 2.40. The van der Waals surface area contributed by atoms with Crippen molar-refractivity contribution in [1.82, 2.24) is 4.90 Å². The van der Waals surface area contributed by atoms with Crippen LogP contribution in [0.15, 0.2) is 103 Å². The first-order chi connectivity index (χ1) is 20.9. The number of likely N-dealkylation sites (N-methyl/N-ethyl adjacent to an activating group) is 1. The fourth-order valence-electron chi connectivity index (χ4n) is 5.99. The number of hydrogen-bond acceptors (Lipinski definition) is 6. The molecular weight excluding hydrogens is 540 g/mol. The Morgan fingerprint density at radius 3 is 2.12 bits per heavy atom. The number of anilines is 1. The number of carbonyl (C=O) groups is 2. The van der Waals surface area contributed by atoms with E-state index in [1.165, 1.54) is 10.5 Å². The molecule has 0 bridgehead atoms. The van der Waals surface area contributed by atoms with Crippen LogP contribution in [-0.2, 0) is 16.1 Å². The zero-order chi connectivity index (χ0) is 30.1. The van der Waals surface area contributed by atoms with Gasteiger partial charge < -0.3 is 14.6 Å². The molecule has 0 spiro atoms. The topological polar surface area (TPSA) is 79.3 Å². The highest BCUT2D eigenvalue weighted by molar-refractivity contribution is 6.34. The van der Waals surface area contributed by atoms with E-state index in [0.29, 0.717) is 23.4 Å². The van der Waals surface area contributed by atoms with Gasteiger partial charge in [-0.3, -0.25) is 14.5 Å². The number of benzene rings is 4. The van der Waals surface area contributed by atoms with Crippen molar-refractivity contribution in [3.05, 3.63) is 137 Å². The van der Waals surface area contributed by atoms with Crippen molar-refractivity contribution < 1.29 is 24.2 Å². The van der Waals surface area contributed by atoms with E-state index in [-0.39, 0.29) is 42.6 Å². The SMILES string of the molecule is CC1C(CN(C)C(C)c2ccccc2)OC(c2cccc(N3C(=O)c4ccccc4C3=O)c2)OC1c1ccc(CO)cc1. The van der Waals surface area contributed by atoms with E-state index in [1.54, 1.807) is 30.3 Å². The van der Waals surface area contributed by atoms with E-state index in [0.717, 1.165) is 16.7 Å². The molecule has 4 aromatic rings. The van der Waals surface area contributed by atoms with E-state index in [1.807, 2.05) is 48.5 Å². The van der Waals surface area contributed by atoms with Gasteiger partial charge in [-0.1, -0.05) is 85.8 Å². The minimum atomic E-state index is -0.723. The average Bonchev–Trinajstić information content (AvgIpc) is 3.31. The van der Waals surface area contributed by atoms with Crippen LogP contribution in [0.25, 0.3) is 0 Å². The first kappa shape index (κ1) is 29.0. The Bertz CT molecular complexity index is 1570. The summed E-state index contributed by atoms with van der Waals surface area (Å²) in [5.41, 5.74) is 5.07. The fourth-order valence-corrected chi connectivity index (χ4v) is 5.99. The average molecular weight is 577 g/mol. The van der Waals surface area contributed by atoms with Crippen molar-refractivity contribution in [1.29, 1.82) is 0 Å². The van der Waals surface area contributed by atoms with E-state index in [4.69, 9.17) is 9.47 Å². The van der Waals surface area contributed by atoms with E-state index in [2.05, 4.69) is 50.1 Å². The first-order valence-electron chi connectivity index (χ1n) is 14.7. The lowest BCUT2D eigenvalue weighted by atomic mass is 9.89. The van der Waals surface area contributed by atoms with Crippen LogP contribution in [0.1, 0.15) is 75.3 Å². The van der Waals surface area contributed by atoms with Crippen LogP contribution in [-0.4, -0.2) is 41.5 Å². The van der Waals surface area contributed by atoms with Crippen molar-refractivity contribution in [3.8, 4) is 0 Å². The maximum atomic E-state index is 13.2. The van der Waals surface area contributed by atoms with Gasteiger partial charge in [-0.2, -0.15) is 0 Å². The maximum absolute atomic E-state index is 13.2. The molecule has 7 heteroatoms. The van der Waals surface area contributed by atoms with Crippen LogP contribution >= 0.6 is 0 Å². The van der Waals surface area contributed by atoms with Gasteiger partial charge in [0.25, 0.3) is 11.8 Å². The summed E-state index contributed by atoms with van der Waals surface area (Å²) in [6, 6.07) is 32.6. The molecule has 1 saturated heterocycles. The molecule has 0 saturated carbocycles. The zero-order valence-corrected chi connectivity index (χ0v) is 24.6. The third-order valence-electron chi connectivity index (χ3n) is 8.73. The molecule has 2 heterocycles.